The number of benzene rings is 1. The molecule has 24 heavy (non-hydrogen) atoms. The highest BCUT2D eigenvalue weighted by Crippen LogP contribution is 2.26. The zero-order valence-corrected chi connectivity index (χ0v) is 14.6. The number of hydrogen-bond acceptors (Lipinski definition) is 7. The molecule has 10 heteroatoms. The first-order valence-corrected chi connectivity index (χ1v) is 8.40. The second-order valence-corrected chi connectivity index (χ2v) is 6.40. The molecule has 1 amide bonds. The molecule has 1 aromatic carbocycles. The van der Waals surface area contributed by atoms with Gasteiger partial charge in [0.1, 0.15) is 5.76 Å². The summed E-state index contributed by atoms with van der Waals surface area (Å²) in [5.74, 6) is 0.729. The Balaban J connectivity index is 1.56. The molecule has 0 atom stereocenters. The SMILES string of the molecule is Cc1cc(-c2nnc(SCC(=O)Nc3ccc(Cl)c(Cl)c3)o2)no1. The Hall–Kier alpha value is -2.03. The highest BCUT2D eigenvalue weighted by molar-refractivity contribution is 7.99. The summed E-state index contributed by atoms with van der Waals surface area (Å²) in [6, 6.07) is 6.52. The molecule has 0 bridgehead atoms. The van der Waals surface area contributed by atoms with Crippen molar-refractivity contribution in [1.82, 2.24) is 15.4 Å². The summed E-state index contributed by atoms with van der Waals surface area (Å²) in [5.41, 5.74) is 1.01. The summed E-state index contributed by atoms with van der Waals surface area (Å²) in [6.07, 6.45) is 0. The average molecular weight is 385 g/mol. The third-order valence-electron chi connectivity index (χ3n) is 2.78. The van der Waals surface area contributed by atoms with Gasteiger partial charge in [0.05, 0.1) is 15.8 Å². The predicted octanol–water partition coefficient (Wildman–Crippen LogP) is 4.07. The Labute approximate surface area is 150 Å². The molecule has 124 valence electrons. The number of nitrogens with one attached hydrogen (secondary N) is 1. The second-order valence-electron chi connectivity index (χ2n) is 4.66. The average Bonchev–Trinajstić information content (AvgIpc) is 3.18. The first-order valence-electron chi connectivity index (χ1n) is 6.66. The lowest BCUT2D eigenvalue weighted by Crippen LogP contribution is -2.13. The van der Waals surface area contributed by atoms with Crippen LogP contribution in [0.2, 0.25) is 10.0 Å². The van der Waals surface area contributed by atoms with E-state index in [4.69, 9.17) is 32.1 Å². The maximum Gasteiger partial charge on any atom is 0.277 e. The molecule has 3 aromatic rings. The number of halogens is 2. The first kappa shape index (κ1) is 16.8. The van der Waals surface area contributed by atoms with Gasteiger partial charge in [-0.25, -0.2) is 0 Å². The van der Waals surface area contributed by atoms with Crippen molar-refractivity contribution in [1.29, 1.82) is 0 Å². The predicted molar refractivity (Wildman–Crippen MR) is 90.3 cm³/mol. The van der Waals surface area contributed by atoms with Gasteiger partial charge in [-0.05, 0) is 25.1 Å². The van der Waals surface area contributed by atoms with Crippen LogP contribution in [0.3, 0.4) is 0 Å². The van der Waals surface area contributed by atoms with Crippen LogP contribution in [-0.4, -0.2) is 27.0 Å². The number of nitrogens with zero attached hydrogens (tertiary/aromatic N) is 3. The largest absolute Gasteiger partial charge is 0.409 e. The van der Waals surface area contributed by atoms with Crippen LogP contribution in [0, 0.1) is 6.92 Å². The first-order chi connectivity index (χ1) is 11.5. The second kappa shape index (κ2) is 7.25. The lowest BCUT2D eigenvalue weighted by atomic mass is 10.3. The maximum absolute atomic E-state index is 11.9. The van der Waals surface area contributed by atoms with Crippen molar-refractivity contribution in [3.8, 4) is 11.6 Å². The fraction of sp³-hybridized carbons (Fsp3) is 0.143. The van der Waals surface area contributed by atoms with Gasteiger partial charge in [0, 0.05) is 11.8 Å². The topological polar surface area (TPSA) is 94.1 Å². The molecule has 2 aromatic heterocycles. The van der Waals surface area contributed by atoms with Crippen LogP contribution in [0.15, 0.2) is 38.4 Å². The molecule has 0 aliphatic heterocycles. The van der Waals surface area contributed by atoms with Gasteiger partial charge in [0.15, 0.2) is 5.69 Å². The van der Waals surface area contributed by atoms with Crippen LogP contribution in [0.4, 0.5) is 5.69 Å². The van der Waals surface area contributed by atoms with Gasteiger partial charge in [0.2, 0.25) is 5.91 Å². The highest BCUT2D eigenvalue weighted by atomic mass is 35.5. The molecule has 0 aliphatic rings. The molecule has 2 heterocycles. The number of carbonyl (C=O) groups excluding carboxylic acids is 1. The Morgan fingerprint density at radius 3 is 2.79 bits per heavy atom. The van der Waals surface area contributed by atoms with E-state index in [1.165, 1.54) is 0 Å². The van der Waals surface area contributed by atoms with Crippen LogP contribution < -0.4 is 5.32 Å². The van der Waals surface area contributed by atoms with Crippen molar-refractivity contribution in [2.45, 2.75) is 12.1 Å². The number of aromatic nitrogens is 3. The molecule has 0 saturated heterocycles. The molecule has 0 saturated carbocycles. The summed E-state index contributed by atoms with van der Waals surface area (Å²) < 4.78 is 10.4. The summed E-state index contributed by atoms with van der Waals surface area (Å²) in [5, 5.41) is 15.2. The van der Waals surface area contributed by atoms with Crippen molar-refractivity contribution in [2.24, 2.45) is 0 Å². The van der Waals surface area contributed by atoms with Gasteiger partial charge in [-0.2, -0.15) is 0 Å². The molecule has 1 N–H and O–H groups in total. The van der Waals surface area contributed by atoms with Crippen molar-refractivity contribution in [2.75, 3.05) is 11.1 Å². The quantitative estimate of drug-likeness (QED) is 0.662. The minimum atomic E-state index is -0.240. The van der Waals surface area contributed by atoms with Crippen LogP contribution >= 0.6 is 35.0 Å². The summed E-state index contributed by atoms with van der Waals surface area (Å²) in [6.45, 7) is 1.76. The van der Waals surface area contributed by atoms with Gasteiger partial charge < -0.3 is 14.3 Å². The van der Waals surface area contributed by atoms with E-state index < -0.39 is 0 Å². The number of anilines is 1. The summed E-state index contributed by atoms with van der Waals surface area (Å²) in [4.78, 5) is 11.9. The van der Waals surface area contributed by atoms with E-state index >= 15 is 0 Å². The minimum absolute atomic E-state index is 0.0969. The molecular weight excluding hydrogens is 375 g/mol. The summed E-state index contributed by atoms with van der Waals surface area (Å²) >= 11 is 12.8. The molecule has 0 aliphatic carbocycles. The normalized spacial score (nSPS) is 10.8. The molecule has 7 nitrogen and oxygen atoms in total. The number of rotatable bonds is 5. The maximum atomic E-state index is 11.9. The fourth-order valence-electron chi connectivity index (χ4n) is 1.74. The lowest BCUT2D eigenvalue weighted by Gasteiger charge is -2.05. The van der Waals surface area contributed by atoms with E-state index in [1.54, 1.807) is 31.2 Å². The van der Waals surface area contributed by atoms with Crippen molar-refractivity contribution in [3.05, 3.63) is 40.1 Å². The van der Waals surface area contributed by atoms with Gasteiger partial charge in [0.25, 0.3) is 11.1 Å². The van der Waals surface area contributed by atoms with Crippen LogP contribution in [0.5, 0.6) is 0 Å². The van der Waals surface area contributed by atoms with Crippen LogP contribution in [0.25, 0.3) is 11.6 Å². The standard InChI is InChI=1S/C14H10Cl2N4O3S/c1-7-4-11(20-23-7)13-18-19-14(22-13)24-6-12(21)17-8-2-3-9(15)10(16)5-8/h2-5H,6H2,1H3,(H,17,21). The van der Waals surface area contributed by atoms with Crippen molar-refractivity contribution in [3.63, 3.8) is 0 Å². The number of aryl methyl sites for hydroxylation is 1. The van der Waals surface area contributed by atoms with Gasteiger partial charge in [-0.3, -0.25) is 4.79 Å². The number of hydrogen-bond donors (Lipinski definition) is 1. The molecule has 0 unspecified atom stereocenters. The van der Waals surface area contributed by atoms with Crippen LogP contribution in [0.1, 0.15) is 5.76 Å². The molecular formula is C14H10Cl2N4O3S. The number of carbonyl (C=O) groups is 1. The van der Waals surface area contributed by atoms with E-state index in [0.29, 0.717) is 27.2 Å². The molecule has 3 rings (SSSR count). The molecule has 0 radical (unpaired) electrons. The smallest absolute Gasteiger partial charge is 0.277 e. The Morgan fingerprint density at radius 2 is 2.08 bits per heavy atom. The fourth-order valence-corrected chi connectivity index (χ4v) is 2.60. The number of thioether (sulfide) groups is 1. The Morgan fingerprint density at radius 1 is 1.25 bits per heavy atom. The van der Waals surface area contributed by atoms with Crippen molar-refractivity contribution < 1.29 is 13.7 Å². The lowest BCUT2D eigenvalue weighted by molar-refractivity contribution is -0.113. The third kappa shape index (κ3) is 4.08. The molecule has 0 fully saturated rings. The monoisotopic (exact) mass is 384 g/mol. The van der Waals surface area contributed by atoms with Crippen LogP contribution in [-0.2, 0) is 4.79 Å². The highest BCUT2D eigenvalue weighted by Gasteiger charge is 2.14. The minimum Gasteiger partial charge on any atom is -0.409 e. The van der Waals surface area contributed by atoms with Gasteiger partial charge in [-0.1, -0.05) is 40.1 Å². The van der Waals surface area contributed by atoms with Crippen molar-refractivity contribution >= 4 is 46.6 Å². The van der Waals surface area contributed by atoms with Gasteiger partial charge in [-0.15, -0.1) is 10.2 Å². The van der Waals surface area contributed by atoms with E-state index in [0.717, 1.165) is 11.8 Å². The van der Waals surface area contributed by atoms with Gasteiger partial charge >= 0.3 is 0 Å². The Kier molecular flexibility index (Phi) is 5.08. The van der Waals surface area contributed by atoms with E-state index in [9.17, 15) is 4.79 Å². The van der Waals surface area contributed by atoms with E-state index in [2.05, 4.69) is 20.7 Å². The van der Waals surface area contributed by atoms with E-state index in [-0.39, 0.29) is 22.8 Å². The zero-order valence-electron chi connectivity index (χ0n) is 12.2. The number of amides is 1. The zero-order chi connectivity index (χ0) is 17.1. The third-order valence-corrected chi connectivity index (χ3v) is 4.34. The van der Waals surface area contributed by atoms with E-state index in [1.807, 2.05) is 0 Å². The molecule has 0 spiro atoms. The summed E-state index contributed by atoms with van der Waals surface area (Å²) in [7, 11) is 0. The Bertz CT molecular complexity index is 881.